The summed E-state index contributed by atoms with van der Waals surface area (Å²) in [6.45, 7) is 3.98. The summed E-state index contributed by atoms with van der Waals surface area (Å²) in [6, 6.07) is 7.40. The number of carbonyl (C=O) groups is 2. The number of nitrogens with zero attached hydrogens (tertiary/aromatic N) is 2. The Bertz CT molecular complexity index is 1100. The van der Waals surface area contributed by atoms with E-state index in [0.717, 1.165) is 22.7 Å². The maximum Gasteiger partial charge on any atom is 0.331 e. The summed E-state index contributed by atoms with van der Waals surface area (Å²) in [5.74, 6) is -1.49. The molecule has 9 nitrogen and oxygen atoms in total. The van der Waals surface area contributed by atoms with Crippen molar-refractivity contribution in [2.45, 2.75) is 30.8 Å². The molecule has 0 fully saturated rings. The normalized spacial score (nSPS) is 11.3. The molecular formula is C20H23N3O6S. The van der Waals surface area contributed by atoms with Crippen molar-refractivity contribution >= 4 is 45.6 Å². The number of aromatic nitrogens is 3. The van der Waals surface area contributed by atoms with Gasteiger partial charge >= 0.3 is 11.9 Å². The van der Waals surface area contributed by atoms with Gasteiger partial charge in [0.25, 0.3) is 5.56 Å². The lowest BCUT2D eigenvalue weighted by molar-refractivity contribution is -0.152. The van der Waals surface area contributed by atoms with E-state index in [9.17, 15) is 14.4 Å². The molecule has 0 spiro atoms. The van der Waals surface area contributed by atoms with Gasteiger partial charge in [0.1, 0.15) is 11.0 Å². The maximum absolute atomic E-state index is 13.2. The highest BCUT2D eigenvalue weighted by atomic mass is 32.2. The van der Waals surface area contributed by atoms with Gasteiger partial charge in [0.2, 0.25) is 5.25 Å². The van der Waals surface area contributed by atoms with Crippen LogP contribution in [0.3, 0.4) is 0 Å². The van der Waals surface area contributed by atoms with Crippen LogP contribution >= 0.6 is 11.8 Å². The summed E-state index contributed by atoms with van der Waals surface area (Å²) in [7, 11) is 1.52. The molecule has 1 aromatic carbocycles. The summed E-state index contributed by atoms with van der Waals surface area (Å²) in [4.78, 5) is 45.7. The van der Waals surface area contributed by atoms with Gasteiger partial charge in [-0.3, -0.25) is 19.0 Å². The first-order chi connectivity index (χ1) is 14.5. The second kappa shape index (κ2) is 9.77. The molecule has 3 rings (SSSR count). The fourth-order valence-corrected chi connectivity index (χ4v) is 3.96. The van der Waals surface area contributed by atoms with Crippen molar-refractivity contribution < 1.29 is 23.8 Å². The van der Waals surface area contributed by atoms with Crippen LogP contribution in [0.4, 0.5) is 0 Å². The van der Waals surface area contributed by atoms with Gasteiger partial charge in [0.15, 0.2) is 5.16 Å². The number of esters is 2. The second-order valence-corrected chi connectivity index (χ2v) is 7.31. The number of para-hydroxylation sites is 1. The standard InChI is InChI=1S/C20H23N3O6S/c1-4-28-18(25)16(19(26)29-5-2)30-20-22-14-12-8-6-7-9-13(12)21-15(14)17(24)23(20)10-11-27-3/h6-9,16,21H,4-5,10-11H2,1-3H3. The topological polar surface area (TPSA) is 113 Å². The molecule has 0 saturated heterocycles. The molecule has 0 atom stereocenters. The van der Waals surface area contributed by atoms with E-state index in [2.05, 4.69) is 9.97 Å². The van der Waals surface area contributed by atoms with Gasteiger partial charge in [-0.1, -0.05) is 30.0 Å². The molecular weight excluding hydrogens is 410 g/mol. The number of methoxy groups -OCH3 is 1. The van der Waals surface area contributed by atoms with Crippen molar-refractivity contribution in [1.29, 1.82) is 0 Å². The van der Waals surface area contributed by atoms with Crippen molar-refractivity contribution in [2.75, 3.05) is 26.9 Å². The Balaban J connectivity index is 2.15. The highest BCUT2D eigenvalue weighted by Gasteiger charge is 2.33. The summed E-state index contributed by atoms with van der Waals surface area (Å²) >= 11 is 0.836. The van der Waals surface area contributed by atoms with E-state index in [-0.39, 0.29) is 37.1 Å². The molecule has 2 heterocycles. The van der Waals surface area contributed by atoms with Crippen LogP contribution in [0, 0.1) is 0 Å². The SMILES string of the molecule is CCOC(=O)C(Sc1nc2c([nH]c3ccccc32)c(=O)n1CCOC)C(=O)OCC. The van der Waals surface area contributed by atoms with Gasteiger partial charge in [-0.15, -0.1) is 0 Å². The van der Waals surface area contributed by atoms with Gasteiger partial charge in [-0.05, 0) is 19.9 Å². The minimum Gasteiger partial charge on any atom is -0.465 e. The Labute approximate surface area is 176 Å². The van der Waals surface area contributed by atoms with E-state index in [1.807, 2.05) is 24.3 Å². The molecule has 0 saturated carbocycles. The number of hydrogen-bond acceptors (Lipinski definition) is 8. The fraction of sp³-hybridized carbons (Fsp3) is 0.400. The molecule has 0 aliphatic heterocycles. The summed E-state index contributed by atoms with van der Waals surface area (Å²) in [5, 5.41) is -0.317. The first-order valence-corrected chi connectivity index (χ1v) is 10.4. The molecule has 0 radical (unpaired) electrons. The third-order valence-corrected chi connectivity index (χ3v) is 5.46. The number of rotatable bonds is 9. The lowest BCUT2D eigenvalue weighted by Gasteiger charge is -2.16. The van der Waals surface area contributed by atoms with Crippen LogP contribution in [0.5, 0.6) is 0 Å². The van der Waals surface area contributed by atoms with Gasteiger partial charge in [0.05, 0.1) is 26.4 Å². The Morgan fingerprint density at radius 1 is 1.17 bits per heavy atom. The monoisotopic (exact) mass is 433 g/mol. The molecule has 10 heteroatoms. The number of hydrogen-bond donors (Lipinski definition) is 1. The van der Waals surface area contributed by atoms with E-state index >= 15 is 0 Å². The first kappa shape index (κ1) is 21.8. The number of thioether (sulfide) groups is 1. The minimum atomic E-state index is -1.30. The number of ether oxygens (including phenoxy) is 3. The number of aromatic amines is 1. The van der Waals surface area contributed by atoms with Crippen LogP contribution in [-0.4, -0.2) is 58.7 Å². The van der Waals surface area contributed by atoms with Crippen molar-refractivity contribution in [3.05, 3.63) is 34.6 Å². The lowest BCUT2D eigenvalue weighted by atomic mass is 10.2. The molecule has 1 N–H and O–H groups in total. The Morgan fingerprint density at radius 3 is 2.47 bits per heavy atom. The number of nitrogens with one attached hydrogen (secondary N) is 1. The number of H-pyrrole nitrogens is 1. The largest absolute Gasteiger partial charge is 0.465 e. The molecule has 0 aliphatic carbocycles. The quantitative estimate of drug-likeness (QED) is 0.236. The summed E-state index contributed by atoms with van der Waals surface area (Å²) in [6.07, 6.45) is 0. The van der Waals surface area contributed by atoms with Crippen LogP contribution < -0.4 is 5.56 Å². The number of carbonyl (C=O) groups excluding carboxylic acids is 2. The van der Waals surface area contributed by atoms with Crippen LogP contribution in [-0.2, 0) is 30.3 Å². The van der Waals surface area contributed by atoms with Gasteiger partial charge < -0.3 is 19.2 Å². The zero-order valence-corrected chi connectivity index (χ0v) is 17.8. The highest BCUT2D eigenvalue weighted by molar-refractivity contribution is 8.01. The second-order valence-electron chi connectivity index (χ2n) is 6.24. The first-order valence-electron chi connectivity index (χ1n) is 9.51. The molecule has 0 amide bonds. The van der Waals surface area contributed by atoms with Gasteiger partial charge in [0, 0.05) is 18.0 Å². The van der Waals surface area contributed by atoms with Crippen molar-refractivity contribution in [2.24, 2.45) is 0 Å². The van der Waals surface area contributed by atoms with E-state index in [4.69, 9.17) is 14.2 Å². The third kappa shape index (κ3) is 4.34. The van der Waals surface area contributed by atoms with Crippen molar-refractivity contribution in [3.63, 3.8) is 0 Å². The van der Waals surface area contributed by atoms with Crippen LogP contribution in [0.2, 0.25) is 0 Å². The summed E-state index contributed by atoms with van der Waals surface area (Å²) in [5.41, 5.74) is 1.27. The predicted molar refractivity (Wildman–Crippen MR) is 113 cm³/mol. The highest BCUT2D eigenvalue weighted by Crippen LogP contribution is 2.28. The van der Waals surface area contributed by atoms with Crippen molar-refractivity contribution in [1.82, 2.24) is 14.5 Å². The van der Waals surface area contributed by atoms with Crippen LogP contribution in [0.15, 0.2) is 34.2 Å². The molecule has 160 valence electrons. The fourth-order valence-electron chi connectivity index (χ4n) is 2.98. The van der Waals surface area contributed by atoms with Gasteiger partial charge in [-0.2, -0.15) is 0 Å². The average Bonchev–Trinajstić information content (AvgIpc) is 3.11. The van der Waals surface area contributed by atoms with Gasteiger partial charge in [-0.25, -0.2) is 4.98 Å². The molecule has 0 bridgehead atoms. The third-order valence-electron chi connectivity index (χ3n) is 4.32. The molecule has 0 unspecified atom stereocenters. The average molecular weight is 433 g/mol. The van der Waals surface area contributed by atoms with Crippen LogP contribution in [0.25, 0.3) is 21.9 Å². The lowest BCUT2D eigenvalue weighted by Crippen LogP contribution is -2.33. The molecule has 2 aromatic heterocycles. The minimum absolute atomic E-state index is 0.112. The Hall–Kier alpha value is -2.85. The molecule has 3 aromatic rings. The number of fused-ring (bicyclic) bond motifs is 3. The molecule has 30 heavy (non-hydrogen) atoms. The Kier molecular flexibility index (Phi) is 7.11. The van der Waals surface area contributed by atoms with E-state index in [1.54, 1.807) is 13.8 Å². The smallest absolute Gasteiger partial charge is 0.331 e. The zero-order valence-electron chi connectivity index (χ0n) is 17.0. The molecule has 0 aliphatic rings. The summed E-state index contributed by atoms with van der Waals surface area (Å²) < 4.78 is 16.6. The predicted octanol–water partition coefficient (Wildman–Crippen LogP) is 2.11. The zero-order chi connectivity index (χ0) is 21.7. The van der Waals surface area contributed by atoms with E-state index < -0.39 is 17.2 Å². The van der Waals surface area contributed by atoms with Crippen molar-refractivity contribution in [3.8, 4) is 0 Å². The van der Waals surface area contributed by atoms with E-state index in [0.29, 0.717) is 11.0 Å². The van der Waals surface area contributed by atoms with E-state index in [1.165, 1.54) is 11.7 Å². The maximum atomic E-state index is 13.2. The van der Waals surface area contributed by atoms with Crippen LogP contribution in [0.1, 0.15) is 13.8 Å². The Morgan fingerprint density at radius 2 is 1.83 bits per heavy atom. The number of benzene rings is 1.